The number of halogens is 1. The first kappa shape index (κ1) is 14.9. The van der Waals surface area contributed by atoms with Gasteiger partial charge in [0, 0.05) is 25.8 Å². The summed E-state index contributed by atoms with van der Waals surface area (Å²) < 4.78 is 2.02. The molecule has 2 aromatic carbocycles. The fourth-order valence-electron chi connectivity index (χ4n) is 2.70. The smallest absolute Gasteiger partial charge is 0.0955 e. The van der Waals surface area contributed by atoms with Crippen molar-refractivity contribution < 1.29 is 0 Å². The molecule has 0 fully saturated rings. The third kappa shape index (κ3) is 2.95. The van der Waals surface area contributed by atoms with E-state index < -0.39 is 0 Å². The van der Waals surface area contributed by atoms with Gasteiger partial charge in [-0.25, -0.2) is 4.98 Å². The molecule has 0 spiro atoms. The molecule has 0 saturated heterocycles. The van der Waals surface area contributed by atoms with Crippen LogP contribution >= 0.6 is 11.6 Å². The summed E-state index contributed by atoms with van der Waals surface area (Å²) in [7, 11) is 2.00. The van der Waals surface area contributed by atoms with Crippen LogP contribution in [0.3, 0.4) is 0 Å². The molecule has 0 aliphatic carbocycles. The maximum absolute atomic E-state index is 6.66. The van der Waals surface area contributed by atoms with Gasteiger partial charge in [0.05, 0.1) is 22.7 Å². The number of aromatic nitrogens is 2. The van der Waals surface area contributed by atoms with Crippen molar-refractivity contribution in [1.82, 2.24) is 9.55 Å². The average Bonchev–Trinajstić information content (AvgIpc) is 2.94. The molecule has 0 bridgehead atoms. The zero-order chi connectivity index (χ0) is 15.5. The van der Waals surface area contributed by atoms with Gasteiger partial charge in [0.2, 0.25) is 0 Å². The first-order valence-corrected chi connectivity index (χ1v) is 7.97. The second-order valence-corrected chi connectivity index (χ2v) is 5.97. The predicted octanol–water partition coefficient (Wildman–Crippen LogP) is 4.38. The van der Waals surface area contributed by atoms with Crippen LogP contribution in [0.4, 0.5) is 5.69 Å². The summed E-state index contributed by atoms with van der Waals surface area (Å²) in [5, 5.41) is -0.0634. The zero-order valence-electron chi connectivity index (χ0n) is 12.9. The van der Waals surface area contributed by atoms with E-state index in [1.165, 1.54) is 5.69 Å². The summed E-state index contributed by atoms with van der Waals surface area (Å²) in [4.78, 5) is 6.70. The minimum atomic E-state index is -0.0634. The number of rotatable bonds is 5. The van der Waals surface area contributed by atoms with Crippen molar-refractivity contribution in [1.29, 1.82) is 0 Å². The van der Waals surface area contributed by atoms with E-state index in [-0.39, 0.29) is 5.38 Å². The van der Waals surface area contributed by atoms with Crippen molar-refractivity contribution in [2.75, 3.05) is 18.0 Å². The van der Waals surface area contributed by atoms with E-state index in [0.717, 1.165) is 29.7 Å². The fraction of sp³-hybridized carbons (Fsp3) is 0.278. The molecule has 0 saturated carbocycles. The lowest BCUT2D eigenvalue weighted by atomic mass is 10.1. The van der Waals surface area contributed by atoms with Gasteiger partial charge in [-0.1, -0.05) is 24.3 Å². The second-order valence-electron chi connectivity index (χ2n) is 5.45. The van der Waals surface area contributed by atoms with Gasteiger partial charge >= 0.3 is 0 Å². The third-order valence-corrected chi connectivity index (χ3v) is 4.38. The molecule has 4 heteroatoms. The standard InChI is InChI=1S/C18H20ClN3/c1-3-22(15-7-5-4-6-8-15)12-16(19)14-9-10-18-17(11-14)20-13-21(18)2/h4-11,13,16H,3,12H2,1-2H3. The number of aryl methyl sites for hydroxylation is 1. The Morgan fingerprint density at radius 1 is 1.18 bits per heavy atom. The molecule has 0 aliphatic heterocycles. The summed E-state index contributed by atoms with van der Waals surface area (Å²) in [6, 6.07) is 16.7. The molecule has 3 rings (SSSR count). The van der Waals surface area contributed by atoms with Crippen LogP contribution in [0.5, 0.6) is 0 Å². The average molecular weight is 314 g/mol. The molecule has 3 nitrogen and oxygen atoms in total. The van der Waals surface area contributed by atoms with E-state index in [1.807, 2.05) is 24.0 Å². The van der Waals surface area contributed by atoms with E-state index >= 15 is 0 Å². The number of likely N-dealkylation sites (N-methyl/N-ethyl adjacent to an activating group) is 1. The van der Waals surface area contributed by atoms with Crippen LogP contribution in [-0.2, 0) is 7.05 Å². The Morgan fingerprint density at radius 3 is 2.68 bits per heavy atom. The molecule has 3 aromatic rings. The Bertz CT molecular complexity index is 751. The largest absolute Gasteiger partial charge is 0.370 e. The first-order chi connectivity index (χ1) is 10.7. The van der Waals surface area contributed by atoms with E-state index in [1.54, 1.807) is 0 Å². The lowest BCUT2D eigenvalue weighted by Crippen LogP contribution is -2.26. The van der Waals surface area contributed by atoms with E-state index in [4.69, 9.17) is 11.6 Å². The molecule has 1 unspecified atom stereocenters. The zero-order valence-corrected chi connectivity index (χ0v) is 13.7. The number of fused-ring (bicyclic) bond motifs is 1. The van der Waals surface area contributed by atoms with Gasteiger partial charge in [0.15, 0.2) is 0 Å². The van der Waals surface area contributed by atoms with Gasteiger partial charge in [-0.2, -0.15) is 0 Å². The fourth-order valence-corrected chi connectivity index (χ4v) is 3.01. The Balaban J connectivity index is 1.81. The summed E-state index contributed by atoms with van der Waals surface area (Å²) in [5.41, 5.74) is 4.44. The Morgan fingerprint density at radius 2 is 1.95 bits per heavy atom. The number of benzene rings is 2. The van der Waals surface area contributed by atoms with Crippen molar-refractivity contribution in [2.45, 2.75) is 12.3 Å². The third-order valence-electron chi connectivity index (χ3n) is 3.99. The summed E-state index contributed by atoms with van der Waals surface area (Å²) in [6.07, 6.45) is 1.83. The maximum Gasteiger partial charge on any atom is 0.0955 e. The van der Waals surface area contributed by atoms with Crippen molar-refractivity contribution >= 4 is 28.3 Å². The Kier molecular flexibility index (Phi) is 4.34. The Hall–Kier alpha value is -2.00. The number of nitrogens with zero attached hydrogens (tertiary/aromatic N) is 3. The molecule has 114 valence electrons. The lowest BCUT2D eigenvalue weighted by Gasteiger charge is -2.25. The van der Waals surface area contributed by atoms with Crippen LogP contribution in [0.1, 0.15) is 17.9 Å². The number of alkyl halides is 1. The van der Waals surface area contributed by atoms with E-state index in [2.05, 4.69) is 59.3 Å². The molecule has 1 aromatic heterocycles. The highest BCUT2D eigenvalue weighted by Crippen LogP contribution is 2.27. The van der Waals surface area contributed by atoms with Gasteiger partial charge in [-0.3, -0.25) is 0 Å². The number of anilines is 1. The predicted molar refractivity (Wildman–Crippen MR) is 93.6 cm³/mol. The highest BCUT2D eigenvalue weighted by Gasteiger charge is 2.14. The van der Waals surface area contributed by atoms with Crippen LogP contribution < -0.4 is 4.90 Å². The topological polar surface area (TPSA) is 21.1 Å². The molecule has 1 atom stereocenters. The van der Waals surface area contributed by atoms with Gasteiger partial charge in [-0.05, 0) is 36.8 Å². The molecule has 0 N–H and O–H groups in total. The van der Waals surface area contributed by atoms with Gasteiger partial charge in [-0.15, -0.1) is 11.6 Å². The van der Waals surface area contributed by atoms with Crippen molar-refractivity contribution in [3.63, 3.8) is 0 Å². The van der Waals surface area contributed by atoms with Crippen LogP contribution in [-0.4, -0.2) is 22.6 Å². The number of para-hydroxylation sites is 1. The molecule has 0 aliphatic rings. The summed E-state index contributed by atoms with van der Waals surface area (Å²) in [5.74, 6) is 0. The van der Waals surface area contributed by atoms with Gasteiger partial charge < -0.3 is 9.47 Å². The minimum absolute atomic E-state index is 0.0634. The molecule has 0 amide bonds. The molecule has 1 heterocycles. The number of hydrogen-bond donors (Lipinski definition) is 0. The van der Waals surface area contributed by atoms with Crippen LogP contribution in [0, 0.1) is 0 Å². The minimum Gasteiger partial charge on any atom is -0.370 e. The molecule has 22 heavy (non-hydrogen) atoms. The molecular weight excluding hydrogens is 294 g/mol. The normalized spacial score (nSPS) is 12.5. The van der Waals surface area contributed by atoms with Crippen molar-refractivity contribution in [3.8, 4) is 0 Å². The summed E-state index contributed by atoms with van der Waals surface area (Å²) in [6.45, 7) is 3.86. The van der Waals surface area contributed by atoms with Gasteiger partial charge in [0.25, 0.3) is 0 Å². The van der Waals surface area contributed by atoms with Crippen molar-refractivity contribution in [3.05, 3.63) is 60.4 Å². The number of imidazole rings is 1. The number of hydrogen-bond acceptors (Lipinski definition) is 2. The maximum atomic E-state index is 6.66. The molecule has 0 radical (unpaired) electrons. The second kappa shape index (κ2) is 6.41. The molecular formula is C18H20ClN3. The van der Waals surface area contributed by atoms with Crippen LogP contribution in [0.2, 0.25) is 0 Å². The van der Waals surface area contributed by atoms with Crippen molar-refractivity contribution in [2.24, 2.45) is 7.05 Å². The highest BCUT2D eigenvalue weighted by atomic mass is 35.5. The summed E-state index contributed by atoms with van der Waals surface area (Å²) >= 11 is 6.66. The van der Waals surface area contributed by atoms with E-state index in [0.29, 0.717) is 0 Å². The van der Waals surface area contributed by atoms with Crippen LogP contribution in [0.15, 0.2) is 54.9 Å². The van der Waals surface area contributed by atoms with Crippen LogP contribution in [0.25, 0.3) is 11.0 Å². The quantitative estimate of drug-likeness (QED) is 0.652. The highest BCUT2D eigenvalue weighted by molar-refractivity contribution is 6.21. The van der Waals surface area contributed by atoms with E-state index in [9.17, 15) is 0 Å². The first-order valence-electron chi connectivity index (χ1n) is 7.54. The lowest BCUT2D eigenvalue weighted by molar-refractivity contribution is 0.791. The Labute approximate surface area is 136 Å². The SMILES string of the molecule is CCN(CC(Cl)c1ccc2c(c1)ncn2C)c1ccccc1. The monoisotopic (exact) mass is 313 g/mol. The van der Waals surface area contributed by atoms with Gasteiger partial charge in [0.1, 0.15) is 0 Å².